The van der Waals surface area contributed by atoms with E-state index in [1.54, 1.807) is 20.8 Å². The monoisotopic (exact) mass is 484 g/mol. The van der Waals surface area contributed by atoms with Crippen molar-refractivity contribution in [2.45, 2.75) is 93.1 Å². The SMILES string of the molecule is C=C(C)C1CCC(C)(O)C(C2=C(O)C(CC=C(C)C)(CC=C(C)C)C(=O)C(C(=O)C(C)C)=C2O)C1. The van der Waals surface area contributed by atoms with Crippen LogP contribution in [0.5, 0.6) is 0 Å². The Bertz CT molecular complexity index is 987. The van der Waals surface area contributed by atoms with Crippen molar-refractivity contribution in [3.63, 3.8) is 0 Å². The van der Waals surface area contributed by atoms with Gasteiger partial charge >= 0.3 is 0 Å². The van der Waals surface area contributed by atoms with E-state index in [2.05, 4.69) is 6.58 Å². The minimum absolute atomic E-state index is 0.0974. The quantitative estimate of drug-likeness (QED) is 0.258. The van der Waals surface area contributed by atoms with Crippen molar-refractivity contribution in [3.8, 4) is 0 Å². The molecule has 0 aromatic carbocycles. The predicted molar refractivity (Wildman–Crippen MR) is 141 cm³/mol. The molecule has 194 valence electrons. The van der Waals surface area contributed by atoms with E-state index in [9.17, 15) is 24.9 Å². The minimum Gasteiger partial charge on any atom is -0.511 e. The number of rotatable bonds is 8. The molecule has 0 bridgehead atoms. The lowest BCUT2D eigenvalue weighted by atomic mass is 9.60. The first-order chi connectivity index (χ1) is 16.1. The molecule has 2 aliphatic rings. The van der Waals surface area contributed by atoms with Gasteiger partial charge in [0, 0.05) is 17.4 Å². The van der Waals surface area contributed by atoms with Gasteiger partial charge in [0.25, 0.3) is 0 Å². The van der Waals surface area contributed by atoms with E-state index in [0.29, 0.717) is 12.8 Å². The highest BCUT2D eigenvalue weighted by Crippen LogP contribution is 2.52. The lowest BCUT2D eigenvalue weighted by Crippen LogP contribution is -2.47. The summed E-state index contributed by atoms with van der Waals surface area (Å²) in [4.78, 5) is 27.3. The molecule has 0 aromatic rings. The molecule has 3 N–H and O–H groups in total. The van der Waals surface area contributed by atoms with Crippen LogP contribution in [-0.2, 0) is 9.59 Å². The van der Waals surface area contributed by atoms with Crippen molar-refractivity contribution < 1.29 is 24.9 Å². The number of aliphatic hydroxyl groups is 3. The van der Waals surface area contributed by atoms with E-state index in [1.807, 2.05) is 46.8 Å². The molecule has 0 aliphatic heterocycles. The summed E-state index contributed by atoms with van der Waals surface area (Å²) in [5, 5.41) is 34.7. The average Bonchev–Trinajstić information content (AvgIpc) is 2.73. The molecule has 2 rings (SSSR count). The maximum Gasteiger partial charge on any atom is 0.184 e. The second-order valence-electron chi connectivity index (χ2n) is 11.6. The Kier molecular flexibility index (Phi) is 8.81. The molecule has 35 heavy (non-hydrogen) atoms. The molecule has 2 aliphatic carbocycles. The van der Waals surface area contributed by atoms with Crippen molar-refractivity contribution in [2.75, 3.05) is 0 Å². The van der Waals surface area contributed by atoms with Crippen LogP contribution in [0.4, 0.5) is 0 Å². The third-order valence-corrected chi connectivity index (χ3v) is 7.67. The first-order valence-corrected chi connectivity index (χ1v) is 12.7. The third kappa shape index (κ3) is 5.72. The number of aliphatic hydroxyl groups excluding tert-OH is 2. The highest BCUT2D eigenvalue weighted by Gasteiger charge is 2.54. The number of carbonyl (C=O) groups excluding carboxylic acids is 2. The summed E-state index contributed by atoms with van der Waals surface area (Å²) in [7, 11) is 0. The number of hydrogen-bond donors (Lipinski definition) is 3. The summed E-state index contributed by atoms with van der Waals surface area (Å²) in [5.74, 6) is -2.80. The number of allylic oxidation sites excluding steroid dienone is 8. The molecule has 1 fully saturated rings. The number of ketones is 2. The zero-order valence-electron chi connectivity index (χ0n) is 22.8. The number of carbonyl (C=O) groups is 2. The summed E-state index contributed by atoms with van der Waals surface area (Å²) in [6.45, 7) is 18.8. The Morgan fingerprint density at radius 1 is 1.09 bits per heavy atom. The first-order valence-electron chi connectivity index (χ1n) is 12.7. The van der Waals surface area contributed by atoms with Gasteiger partial charge in [0.05, 0.1) is 11.0 Å². The van der Waals surface area contributed by atoms with Gasteiger partial charge in [-0.25, -0.2) is 0 Å². The van der Waals surface area contributed by atoms with Crippen LogP contribution in [0.2, 0.25) is 0 Å². The van der Waals surface area contributed by atoms with Crippen LogP contribution < -0.4 is 0 Å². The second kappa shape index (κ2) is 10.7. The molecular weight excluding hydrogens is 440 g/mol. The van der Waals surface area contributed by atoms with Gasteiger partial charge < -0.3 is 15.3 Å². The molecule has 0 radical (unpaired) electrons. The van der Waals surface area contributed by atoms with Gasteiger partial charge in [-0.3, -0.25) is 9.59 Å². The molecule has 3 unspecified atom stereocenters. The van der Waals surface area contributed by atoms with E-state index in [4.69, 9.17) is 0 Å². The van der Waals surface area contributed by atoms with Crippen LogP contribution in [0.1, 0.15) is 87.5 Å². The molecule has 0 spiro atoms. The van der Waals surface area contributed by atoms with E-state index >= 15 is 0 Å². The number of Topliss-reactive ketones (excluding diaryl/α,β-unsaturated/α-hetero) is 2. The van der Waals surface area contributed by atoms with E-state index in [1.165, 1.54) is 0 Å². The summed E-state index contributed by atoms with van der Waals surface area (Å²) in [5.41, 5.74) is 0.146. The Balaban J connectivity index is 2.93. The summed E-state index contributed by atoms with van der Waals surface area (Å²) < 4.78 is 0. The molecule has 3 atom stereocenters. The average molecular weight is 485 g/mol. The molecular formula is C30H44O5. The smallest absolute Gasteiger partial charge is 0.184 e. The summed E-state index contributed by atoms with van der Waals surface area (Å²) in [6.07, 6.45) is 5.82. The largest absolute Gasteiger partial charge is 0.511 e. The van der Waals surface area contributed by atoms with E-state index in [-0.39, 0.29) is 35.7 Å². The van der Waals surface area contributed by atoms with Crippen LogP contribution in [0.15, 0.2) is 58.1 Å². The van der Waals surface area contributed by atoms with Crippen LogP contribution in [0, 0.1) is 23.2 Å². The van der Waals surface area contributed by atoms with Gasteiger partial charge in [0.15, 0.2) is 11.6 Å². The minimum atomic E-state index is -1.43. The van der Waals surface area contributed by atoms with Crippen molar-refractivity contribution in [2.24, 2.45) is 23.2 Å². The lowest BCUT2D eigenvalue weighted by Gasteiger charge is -2.45. The molecule has 0 saturated heterocycles. The zero-order valence-corrected chi connectivity index (χ0v) is 22.8. The molecule has 0 aromatic heterocycles. The first kappa shape index (κ1) is 28.8. The molecule has 5 nitrogen and oxygen atoms in total. The van der Waals surface area contributed by atoms with Crippen LogP contribution in [0.3, 0.4) is 0 Å². The van der Waals surface area contributed by atoms with Crippen molar-refractivity contribution in [1.82, 2.24) is 0 Å². The van der Waals surface area contributed by atoms with Gasteiger partial charge in [-0.15, -0.1) is 0 Å². The zero-order chi connectivity index (χ0) is 26.9. The third-order valence-electron chi connectivity index (χ3n) is 7.67. The fraction of sp³-hybridized carbons (Fsp3) is 0.600. The fourth-order valence-corrected chi connectivity index (χ4v) is 5.20. The number of hydrogen-bond acceptors (Lipinski definition) is 5. The van der Waals surface area contributed by atoms with Crippen molar-refractivity contribution in [1.29, 1.82) is 0 Å². The maximum absolute atomic E-state index is 14.0. The Morgan fingerprint density at radius 2 is 1.60 bits per heavy atom. The maximum atomic E-state index is 14.0. The van der Waals surface area contributed by atoms with Gasteiger partial charge in [0.1, 0.15) is 17.1 Å². The van der Waals surface area contributed by atoms with Gasteiger partial charge in [-0.2, -0.15) is 0 Å². The summed E-state index contributed by atoms with van der Waals surface area (Å²) >= 11 is 0. The fourth-order valence-electron chi connectivity index (χ4n) is 5.20. The van der Waals surface area contributed by atoms with Gasteiger partial charge in [0.2, 0.25) is 0 Å². The molecule has 5 heteroatoms. The van der Waals surface area contributed by atoms with Crippen molar-refractivity contribution >= 4 is 11.6 Å². The van der Waals surface area contributed by atoms with Gasteiger partial charge in [-0.1, -0.05) is 49.3 Å². The van der Waals surface area contributed by atoms with Crippen LogP contribution >= 0.6 is 0 Å². The Morgan fingerprint density at radius 3 is 2.03 bits per heavy atom. The Hall–Kier alpha value is -2.40. The standard InChI is InChI=1S/C30H44O5/c1-17(2)10-14-30(15-11-18(3)4)27(33)23(26(32)24(28(30)34)25(31)20(7)8)22-16-21(19(5)6)12-13-29(22,9)35/h10-11,20-22,32-33,35H,5,12-16H2,1-4,6-9H3. The lowest BCUT2D eigenvalue weighted by molar-refractivity contribution is -0.129. The van der Waals surface area contributed by atoms with E-state index < -0.39 is 40.2 Å². The van der Waals surface area contributed by atoms with Gasteiger partial charge in [-0.05, 0) is 79.6 Å². The second-order valence-corrected chi connectivity index (χ2v) is 11.6. The Labute approximate surface area is 211 Å². The molecule has 0 amide bonds. The highest BCUT2D eigenvalue weighted by atomic mass is 16.3. The highest BCUT2D eigenvalue weighted by molar-refractivity contribution is 6.24. The summed E-state index contributed by atoms with van der Waals surface area (Å²) in [6, 6.07) is 0. The van der Waals surface area contributed by atoms with Crippen LogP contribution in [-0.4, -0.2) is 32.5 Å². The van der Waals surface area contributed by atoms with Crippen molar-refractivity contribution in [3.05, 3.63) is 58.1 Å². The van der Waals surface area contributed by atoms with E-state index in [0.717, 1.165) is 23.1 Å². The molecule has 0 heterocycles. The topological polar surface area (TPSA) is 94.8 Å². The molecule has 1 saturated carbocycles. The normalized spacial score (nSPS) is 26.6. The van der Waals surface area contributed by atoms with Crippen LogP contribution in [0.25, 0.3) is 0 Å². The predicted octanol–water partition coefficient (Wildman–Crippen LogP) is 6.86.